The van der Waals surface area contributed by atoms with E-state index in [1.807, 2.05) is 32.0 Å². The second-order valence-electron chi connectivity index (χ2n) is 6.14. The van der Waals surface area contributed by atoms with Crippen molar-refractivity contribution >= 4 is 50.5 Å². The number of anilines is 2. The van der Waals surface area contributed by atoms with Crippen LogP contribution in [0.1, 0.15) is 18.1 Å². The Morgan fingerprint density at radius 2 is 1.73 bits per heavy atom. The zero-order valence-corrected chi connectivity index (χ0v) is 17.2. The van der Waals surface area contributed by atoms with Gasteiger partial charge in [-0.05, 0) is 56.2 Å². The average Bonchev–Trinajstić information content (AvgIpc) is 2.53. The topological polar surface area (TPSA) is 66.5 Å². The molecule has 0 saturated carbocycles. The molecule has 5 nitrogen and oxygen atoms in total. The highest BCUT2D eigenvalue weighted by Gasteiger charge is 2.29. The predicted octanol–water partition coefficient (Wildman–Crippen LogP) is 4.40. The molecule has 0 saturated heterocycles. The molecule has 2 aromatic rings. The van der Waals surface area contributed by atoms with E-state index in [1.165, 1.54) is 25.1 Å². The van der Waals surface area contributed by atoms with Crippen LogP contribution in [0.3, 0.4) is 0 Å². The van der Waals surface area contributed by atoms with Crippen LogP contribution in [0.15, 0.2) is 36.4 Å². The van der Waals surface area contributed by atoms with Gasteiger partial charge in [0, 0.05) is 5.69 Å². The third-order valence-corrected chi connectivity index (χ3v) is 5.88. The lowest BCUT2D eigenvalue weighted by Crippen LogP contribution is -2.45. The highest BCUT2D eigenvalue weighted by molar-refractivity contribution is 7.92. The van der Waals surface area contributed by atoms with Crippen LogP contribution in [-0.4, -0.2) is 26.6 Å². The Hall–Kier alpha value is -1.76. The van der Waals surface area contributed by atoms with Crippen molar-refractivity contribution in [3.05, 3.63) is 57.6 Å². The first-order valence-corrected chi connectivity index (χ1v) is 10.4. The summed E-state index contributed by atoms with van der Waals surface area (Å²) >= 11 is 11.9. The van der Waals surface area contributed by atoms with Crippen molar-refractivity contribution in [2.75, 3.05) is 15.9 Å². The largest absolute Gasteiger partial charge is 0.324 e. The molecule has 0 aliphatic heterocycles. The second-order valence-corrected chi connectivity index (χ2v) is 8.81. The van der Waals surface area contributed by atoms with Crippen LogP contribution in [0.4, 0.5) is 11.4 Å². The van der Waals surface area contributed by atoms with E-state index in [0.717, 1.165) is 21.7 Å². The molecule has 1 N–H and O–H groups in total. The highest BCUT2D eigenvalue weighted by atomic mass is 35.5. The Morgan fingerprint density at radius 1 is 1.08 bits per heavy atom. The number of aryl methyl sites for hydroxylation is 2. The maximum atomic E-state index is 12.7. The van der Waals surface area contributed by atoms with Crippen molar-refractivity contribution in [1.29, 1.82) is 0 Å². The maximum Gasteiger partial charge on any atom is 0.248 e. The molecule has 0 spiro atoms. The van der Waals surface area contributed by atoms with Gasteiger partial charge < -0.3 is 5.32 Å². The molecule has 0 aliphatic carbocycles. The molecule has 0 aliphatic rings. The van der Waals surface area contributed by atoms with Crippen LogP contribution in [0.2, 0.25) is 10.0 Å². The molecule has 0 aromatic heterocycles. The normalized spacial score (nSPS) is 12.5. The molecule has 26 heavy (non-hydrogen) atoms. The van der Waals surface area contributed by atoms with Gasteiger partial charge in [-0.1, -0.05) is 35.3 Å². The van der Waals surface area contributed by atoms with Crippen LogP contribution in [0.25, 0.3) is 0 Å². The van der Waals surface area contributed by atoms with E-state index in [1.54, 1.807) is 0 Å². The van der Waals surface area contributed by atoms with Crippen LogP contribution >= 0.6 is 23.2 Å². The number of hydrogen-bond donors (Lipinski definition) is 1. The summed E-state index contributed by atoms with van der Waals surface area (Å²) in [5, 5.41) is 3.31. The number of nitrogens with one attached hydrogen (secondary N) is 1. The summed E-state index contributed by atoms with van der Waals surface area (Å²) in [5.74, 6) is -0.449. The summed E-state index contributed by atoms with van der Waals surface area (Å²) in [4.78, 5) is 12.7. The van der Waals surface area contributed by atoms with E-state index in [0.29, 0.717) is 10.7 Å². The minimum absolute atomic E-state index is 0.208. The van der Waals surface area contributed by atoms with E-state index in [-0.39, 0.29) is 10.7 Å². The van der Waals surface area contributed by atoms with Gasteiger partial charge in [0.2, 0.25) is 15.9 Å². The number of rotatable bonds is 5. The smallest absolute Gasteiger partial charge is 0.248 e. The Balaban J connectivity index is 2.37. The predicted molar refractivity (Wildman–Crippen MR) is 108 cm³/mol. The lowest BCUT2D eigenvalue weighted by atomic mass is 10.1. The molecule has 140 valence electrons. The van der Waals surface area contributed by atoms with Gasteiger partial charge in [0.15, 0.2) is 0 Å². The first kappa shape index (κ1) is 20.6. The van der Waals surface area contributed by atoms with Gasteiger partial charge in [-0.2, -0.15) is 0 Å². The van der Waals surface area contributed by atoms with Crippen LogP contribution in [-0.2, 0) is 14.8 Å². The molecular weight excluding hydrogens is 395 g/mol. The van der Waals surface area contributed by atoms with E-state index >= 15 is 0 Å². The van der Waals surface area contributed by atoms with Gasteiger partial charge in [-0.25, -0.2) is 8.42 Å². The van der Waals surface area contributed by atoms with Crippen molar-refractivity contribution in [1.82, 2.24) is 0 Å². The second kappa shape index (κ2) is 7.86. The Morgan fingerprint density at radius 3 is 2.31 bits per heavy atom. The van der Waals surface area contributed by atoms with Crippen molar-refractivity contribution in [2.45, 2.75) is 26.8 Å². The summed E-state index contributed by atoms with van der Waals surface area (Å²) in [6, 6.07) is 9.11. The summed E-state index contributed by atoms with van der Waals surface area (Å²) in [6.45, 7) is 5.30. The maximum absolute atomic E-state index is 12.7. The first-order chi connectivity index (χ1) is 12.0. The van der Waals surface area contributed by atoms with Crippen molar-refractivity contribution in [3.8, 4) is 0 Å². The fraction of sp³-hybridized carbons (Fsp3) is 0.278. The van der Waals surface area contributed by atoms with Gasteiger partial charge in [0.05, 0.1) is 22.0 Å². The Labute approximate surface area is 164 Å². The minimum atomic E-state index is -3.73. The number of halogens is 2. The van der Waals surface area contributed by atoms with Crippen molar-refractivity contribution in [2.24, 2.45) is 0 Å². The molecule has 1 amide bonds. The summed E-state index contributed by atoms with van der Waals surface area (Å²) in [7, 11) is -3.73. The SMILES string of the molecule is Cc1ccc(C)c(NC(=O)[C@@H](C)N(c2ccc(Cl)c(Cl)c2)S(C)(=O)=O)c1. The van der Waals surface area contributed by atoms with Crippen molar-refractivity contribution < 1.29 is 13.2 Å². The zero-order valence-electron chi connectivity index (χ0n) is 14.9. The third kappa shape index (κ3) is 4.69. The molecule has 0 radical (unpaired) electrons. The molecule has 0 fully saturated rings. The number of carbonyl (C=O) groups is 1. The summed E-state index contributed by atoms with van der Waals surface area (Å²) in [5.41, 5.74) is 2.79. The van der Waals surface area contributed by atoms with E-state index < -0.39 is 22.0 Å². The van der Waals surface area contributed by atoms with Gasteiger partial charge in [0.25, 0.3) is 0 Å². The molecule has 2 aromatic carbocycles. The molecule has 0 unspecified atom stereocenters. The van der Waals surface area contributed by atoms with E-state index in [9.17, 15) is 13.2 Å². The lowest BCUT2D eigenvalue weighted by Gasteiger charge is -2.28. The molecule has 0 bridgehead atoms. The zero-order chi connectivity index (χ0) is 19.6. The van der Waals surface area contributed by atoms with Gasteiger partial charge in [-0.3, -0.25) is 9.10 Å². The van der Waals surface area contributed by atoms with Gasteiger partial charge >= 0.3 is 0 Å². The number of nitrogens with zero attached hydrogens (tertiary/aromatic N) is 1. The van der Waals surface area contributed by atoms with Crippen LogP contribution < -0.4 is 9.62 Å². The molecule has 0 heterocycles. The standard InChI is InChI=1S/C18H20Cl2N2O3S/c1-11-5-6-12(2)17(9-11)21-18(23)13(3)22(26(4,24)25)14-7-8-15(19)16(20)10-14/h5-10,13H,1-4H3,(H,21,23)/t13-/m1/s1. The Bertz CT molecular complexity index is 945. The fourth-order valence-electron chi connectivity index (χ4n) is 2.54. The fourth-order valence-corrected chi connectivity index (χ4v) is 4.00. The average molecular weight is 415 g/mol. The molecule has 8 heteroatoms. The van der Waals surface area contributed by atoms with Crippen LogP contribution in [0, 0.1) is 13.8 Å². The molecule has 1 atom stereocenters. The number of amides is 1. The van der Waals surface area contributed by atoms with Crippen molar-refractivity contribution in [3.63, 3.8) is 0 Å². The highest BCUT2D eigenvalue weighted by Crippen LogP contribution is 2.30. The monoisotopic (exact) mass is 414 g/mol. The summed E-state index contributed by atoms with van der Waals surface area (Å²) in [6.07, 6.45) is 1.04. The number of sulfonamides is 1. The first-order valence-electron chi connectivity index (χ1n) is 7.83. The molecule has 2 rings (SSSR count). The molecular formula is C18H20Cl2N2O3S. The van der Waals surface area contributed by atoms with E-state index in [4.69, 9.17) is 23.2 Å². The quantitative estimate of drug-likeness (QED) is 0.787. The minimum Gasteiger partial charge on any atom is -0.324 e. The Kier molecular flexibility index (Phi) is 6.21. The number of hydrogen-bond acceptors (Lipinski definition) is 3. The summed E-state index contributed by atoms with van der Waals surface area (Å²) < 4.78 is 25.7. The lowest BCUT2D eigenvalue weighted by molar-refractivity contribution is -0.116. The van der Waals surface area contributed by atoms with Crippen LogP contribution in [0.5, 0.6) is 0 Å². The number of benzene rings is 2. The third-order valence-electron chi connectivity index (χ3n) is 3.90. The van der Waals surface area contributed by atoms with Gasteiger partial charge in [0.1, 0.15) is 6.04 Å². The number of carbonyl (C=O) groups excluding carboxylic acids is 1. The van der Waals surface area contributed by atoms with E-state index in [2.05, 4.69) is 5.32 Å². The van der Waals surface area contributed by atoms with Gasteiger partial charge in [-0.15, -0.1) is 0 Å².